The number of thioether (sulfide) groups is 1. The number of benzene rings is 2. The summed E-state index contributed by atoms with van der Waals surface area (Å²) in [6, 6.07) is 5.61. The van der Waals surface area contributed by atoms with Crippen LogP contribution in [0.25, 0.3) is 28.1 Å². The Morgan fingerprint density at radius 2 is 2.00 bits per heavy atom. The summed E-state index contributed by atoms with van der Waals surface area (Å²) in [6.45, 7) is 3.20. The fourth-order valence-electron chi connectivity index (χ4n) is 8.65. The van der Waals surface area contributed by atoms with Gasteiger partial charge in [-0.2, -0.15) is 9.97 Å². The van der Waals surface area contributed by atoms with Crippen molar-refractivity contribution in [2.75, 3.05) is 37.7 Å². The van der Waals surface area contributed by atoms with Crippen LogP contribution in [0.1, 0.15) is 49.1 Å². The number of rotatable bonds is 4. The number of anilines is 1. The molecule has 0 radical (unpaired) electrons. The highest BCUT2D eigenvalue weighted by molar-refractivity contribution is 8.03. The number of hydrogen-bond acceptors (Lipinski definition) is 8. The molecule has 0 amide bonds. The van der Waals surface area contributed by atoms with Crippen molar-refractivity contribution in [3.05, 3.63) is 58.1 Å². The van der Waals surface area contributed by atoms with E-state index >= 15 is 8.78 Å². The maximum atomic E-state index is 17.1. The number of nitrogens with two attached hydrogens (primary N) is 1. The van der Waals surface area contributed by atoms with Gasteiger partial charge in [0.1, 0.15) is 29.9 Å². The van der Waals surface area contributed by atoms with Gasteiger partial charge in [-0.25, -0.2) is 13.2 Å². The fourth-order valence-corrected chi connectivity index (χ4v) is 9.62. The van der Waals surface area contributed by atoms with Crippen LogP contribution < -0.4 is 20.7 Å². The number of allylic oxidation sites excluding steroid dienone is 2. The van der Waals surface area contributed by atoms with Crippen molar-refractivity contribution in [1.29, 1.82) is 0 Å². The first kappa shape index (κ1) is 27.1. The lowest BCUT2D eigenvalue weighted by molar-refractivity contribution is 0.107. The van der Waals surface area contributed by atoms with Crippen LogP contribution in [0.5, 0.6) is 6.01 Å². The summed E-state index contributed by atoms with van der Waals surface area (Å²) in [7, 11) is 0. The van der Waals surface area contributed by atoms with Gasteiger partial charge in [0.15, 0.2) is 5.82 Å². The van der Waals surface area contributed by atoms with Crippen molar-refractivity contribution in [3.8, 4) is 17.1 Å². The number of halogens is 3. The molecule has 4 fully saturated rings. The minimum atomic E-state index is -0.877. The summed E-state index contributed by atoms with van der Waals surface area (Å²) in [6.07, 6.45) is 9.22. The molecule has 6 heterocycles. The van der Waals surface area contributed by atoms with Crippen LogP contribution in [0.3, 0.4) is 0 Å². The van der Waals surface area contributed by atoms with Crippen molar-refractivity contribution in [1.82, 2.24) is 20.2 Å². The predicted molar refractivity (Wildman–Crippen MR) is 165 cm³/mol. The number of fused-ring (bicyclic) bond motifs is 6. The minimum absolute atomic E-state index is 0.113. The van der Waals surface area contributed by atoms with E-state index in [1.54, 1.807) is 6.07 Å². The van der Waals surface area contributed by atoms with E-state index in [1.807, 2.05) is 24.3 Å². The van der Waals surface area contributed by atoms with Crippen LogP contribution >= 0.6 is 11.8 Å². The van der Waals surface area contributed by atoms with Crippen molar-refractivity contribution < 1.29 is 17.9 Å². The minimum Gasteiger partial charge on any atom is -0.461 e. The summed E-state index contributed by atoms with van der Waals surface area (Å²) < 4.78 is 53.0. The van der Waals surface area contributed by atoms with E-state index in [2.05, 4.69) is 15.1 Å². The van der Waals surface area contributed by atoms with Gasteiger partial charge in [0.2, 0.25) is 0 Å². The number of hydrogen-bond donors (Lipinski definition) is 2. The van der Waals surface area contributed by atoms with Gasteiger partial charge < -0.3 is 20.7 Å². The van der Waals surface area contributed by atoms with Gasteiger partial charge in [-0.3, -0.25) is 4.90 Å². The van der Waals surface area contributed by atoms with Crippen molar-refractivity contribution in [2.45, 2.75) is 66.7 Å². The molecule has 3 aromatic rings. The number of ether oxygens (including phenoxy) is 1. The molecule has 9 rings (SSSR count). The average molecular weight is 619 g/mol. The second-order valence-corrected chi connectivity index (χ2v) is 14.2. The van der Waals surface area contributed by atoms with Crippen LogP contribution in [0.4, 0.5) is 19.0 Å². The molecule has 6 aliphatic rings. The van der Waals surface area contributed by atoms with Gasteiger partial charge in [-0.05, 0) is 67.1 Å². The zero-order valence-electron chi connectivity index (χ0n) is 24.2. The van der Waals surface area contributed by atoms with Gasteiger partial charge in [0.25, 0.3) is 0 Å². The molecule has 0 saturated carbocycles. The zero-order chi connectivity index (χ0) is 29.7. The molecule has 1 aromatic heterocycles. The van der Waals surface area contributed by atoms with E-state index in [-0.39, 0.29) is 47.5 Å². The second-order valence-electron chi connectivity index (χ2n) is 13.1. The highest BCUT2D eigenvalue weighted by Crippen LogP contribution is 2.50. The molecule has 7 nitrogen and oxygen atoms in total. The highest BCUT2D eigenvalue weighted by atomic mass is 32.2. The molecular formula is C33H33F3N6OS. The van der Waals surface area contributed by atoms with E-state index in [4.69, 9.17) is 20.4 Å². The molecule has 228 valence electrons. The summed E-state index contributed by atoms with van der Waals surface area (Å²) >= 11 is 1.17. The fraction of sp³-hybridized carbons (Fsp3) is 0.455. The first-order valence-electron chi connectivity index (χ1n) is 15.6. The first-order valence-corrected chi connectivity index (χ1v) is 16.4. The standard InChI is InChI=1S/C33H33F3N6OS/c34-19-12-33(8-1-9-41(33)15-19)16-43-32-39-29-23(31(40-32)42-20-4-5-21(42)14-38-13-20)10-17-2-3-18-11-25(37)44-30-24(35)7-6-22(27(18)30)26(17)28(29)36/h2-3,6-7,10-11,18-21,38H,1,4-5,8-9,12-16,37H2/t18?,19-,20?,21?,33+/m1/s1. The molecule has 11 heteroatoms. The average Bonchev–Trinajstić information content (AvgIpc) is 3.57. The summed E-state index contributed by atoms with van der Waals surface area (Å²) in [4.78, 5) is 14.6. The van der Waals surface area contributed by atoms with Gasteiger partial charge in [0.05, 0.1) is 15.5 Å². The zero-order valence-corrected chi connectivity index (χ0v) is 25.0. The SMILES string of the molecule is NC1=CC2C=Cc3cc4c(N5C6CCC5CNC6)nc(OC[C@@]56CCCN5C[C@H](F)C6)nc4c(F)c3-c3ccc(F)c(c32)S1. The van der Waals surface area contributed by atoms with Crippen LogP contribution in [0, 0.1) is 11.6 Å². The number of piperazine rings is 1. The second kappa shape index (κ2) is 9.86. The van der Waals surface area contributed by atoms with Gasteiger partial charge in [0, 0.05) is 55.0 Å². The number of nitrogens with one attached hydrogen (secondary N) is 1. The molecule has 3 unspecified atom stereocenters. The first-order chi connectivity index (χ1) is 21.4. The number of aromatic nitrogens is 2. The molecule has 4 saturated heterocycles. The molecule has 0 spiro atoms. The Balaban J connectivity index is 1.22. The molecule has 44 heavy (non-hydrogen) atoms. The lowest BCUT2D eigenvalue weighted by atomic mass is 9.90. The Hall–Kier alpha value is -3.28. The summed E-state index contributed by atoms with van der Waals surface area (Å²) in [5, 5.41) is 4.67. The number of nitrogens with zero attached hydrogens (tertiary/aromatic N) is 4. The molecule has 5 atom stereocenters. The maximum absolute atomic E-state index is 17.1. The van der Waals surface area contributed by atoms with Crippen molar-refractivity contribution in [2.24, 2.45) is 5.73 Å². The third-order valence-electron chi connectivity index (χ3n) is 10.6. The van der Waals surface area contributed by atoms with E-state index in [0.29, 0.717) is 56.3 Å². The van der Waals surface area contributed by atoms with Crippen LogP contribution in [0.15, 0.2) is 40.3 Å². The summed E-state index contributed by atoms with van der Waals surface area (Å²) in [5.74, 6) is -0.454. The molecule has 5 aliphatic heterocycles. The predicted octanol–water partition coefficient (Wildman–Crippen LogP) is 5.49. The van der Waals surface area contributed by atoms with E-state index in [9.17, 15) is 4.39 Å². The summed E-state index contributed by atoms with van der Waals surface area (Å²) in [5.41, 5.74) is 8.40. The van der Waals surface area contributed by atoms with E-state index < -0.39 is 12.0 Å². The molecule has 2 bridgehead atoms. The Morgan fingerprint density at radius 3 is 2.84 bits per heavy atom. The topological polar surface area (TPSA) is 79.5 Å². The maximum Gasteiger partial charge on any atom is 0.319 e. The Labute approximate surface area is 257 Å². The smallest absolute Gasteiger partial charge is 0.319 e. The quantitative estimate of drug-likeness (QED) is 0.398. The monoisotopic (exact) mass is 618 g/mol. The largest absolute Gasteiger partial charge is 0.461 e. The van der Waals surface area contributed by atoms with Gasteiger partial charge in [-0.1, -0.05) is 30.0 Å². The van der Waals surface area contributed by atoms with E-state index in [0.717, 1.165) is 45.3 Å². The van der Waals surface area contributed by atoms with Gasteiger partial charge in [-0.15, -0.1) is 0 Å². The van der Waals surface area contributed by atoms with Crippen molar-refractivity contribution >= 4 is 34.6 Å². The molecule has 1 aliphatic carbocycles. The highest BCUT2D eigenvalue weighted by Gasteiger charge is 2.49. The Bertz CT molecular complexity index is 1770. The number of alkyl halides is 1. The van der Waals surface area contributed by atoms with Crippen LogP contribution in [0.2, 0.25) is 0 Å². The van der Waals surface area contributed by atoms with E-state index in [1.165, 1.54) is 17.8 Å². The third kappa shape index (κ3) is 3.98. The third-order valence-corrected chi connectivity index (χ3v) is 11.6. The Kier molecular flexibility index (Phi) is 6.06. The van der Waals surface area contributed by atoms with Crippen LogP contribution in [-0.2, 0) is 0 Å². The van der Waals surface area contributed by atoms with Crippen molar-refractivity contribution in [3.63, 3.8) is 0 Å². The molecule has 3 N–H and O–H groups in total. The Morgan fingerprint density at radius 1 is 1.16 bits per heavy atom. The molecular weight excluding hydrogens is 585 g/mol. The molecule has 2 aromatic carbocycles. The lowest BCUT2D eigenvalue weighted by Gasteiger charge is -2.37. The normalized spacial score (nSPS) is 30.2. The lowest BCUT2D eigenvalue weighted by Crippen LogP contribution is -2.52. The van der Waals surface area contributed by atoms with Crippen LogP contribution in [-0.4, -0.2) is 71.4 Å². The van der Waals surface area contributed by atoms with Gasteiger partial charge >= 0.3 is 6.01 Å².